The third-order valence-electron chi connectivity index (χ3n) is 2.67. The molecule has 1 heterocycles. The zero-order valence-corrected chi connectivity index (χ0v) is 11.8. The molecule has 1 rings (SSSR count). The van der Waals surface area contributed by atoms with Gasteiger partial charge in [-0.3, -0.25) is 4.79 Å². The van der Waals surface area contributed by atoms with Gasteiger partial charge in [0, 0.05) is 25.7 Å². The van der Waals surface area contributed by atoms with Crippen molar-refractivity contribution >= 4 is 11.7 Å². The number of hydrogen-bond acceptors (Lipinski definition) is 5. The van der Waals surface area contributed by atoms with Crippen LogP contribution in [0.15, 0.2) is 12.4 Å². The molecule has 0 aliphatic carbocycles. The van der Waals surface area contributed by atoms with Gasteiger partial charge in [-0.1, -0.05) is 0 Å². The van der Waals surface area contributed by atoms with Crippen molar-refractivity contribution in [2.45, 2.75) is 33.2 Å². The molecule has 0 radical (unpaired) electrons. The first-order chi connectivity index (χ1) is 9.10. The predicted molar refractivity (Wildman–Crippen MR) is 74.1 cm³/mol. The maximum absolute atomic E-state index is 12.3. The quantitative estimate of drug-likeness (QED) is 0.774. The molecule has 0 bridgehead atoms. The molecule has 19 heavy (non-hydrogen) atoms. The molecule has 0 atom stereocenters. The number of hydrogen-bond donors (Lipinski definition) is 2. The van der Waals surface area contributed by atoms with Crippen molar-refractivity contribution < 1.29 is 9.90 Å². The minimum atomic E-state index is -0.154. The van der Waals surface area contributed by atoms with E-state index in [1.165, 1.54) is 6.20 Å². The van der Waals surface area contributed by atoms with E-state index >= 15 is 0 Å². The number of amides is 1. The van der Waals surface area contributed by atoms with Crippen molar-refractivity contribution in [1.82, 2.24) is 14.9 Å². The second-order valence-electron chi connectivity index (χ2n) is 4.49. The van der Waals surface area contributed by atoms with E-state index in [1.807, 2.05) is 20.8 Å². The predicted octanol–water partition coefficient (Wildman–Crippen LogP) is 1.14. The normalized spacial score (nSPS) is 10.6. The molecule has 0 aliphatic heterocycles. The van der Waals surface area contributed by atoms with E-state index in [9.17, 15) is 4.79 Å². The molecule has 0 saturated heterocycles. The van der Waals surface area contributed by atoms with Gasteiger partial charge in [-0.2, -0.15) is 0 Å². The number of rotatable bonds is 7. The van der Waals surface area contributed by atoms with Gasteiger partial charge in [0.1, 0.15) is 11.5 Å². The second-order valence-corrected chi connectivity index (χ2v) is 4.49. The Labute approximate surface area is 113 Å². The monoisotopic (exact) mass is 266 g/mol. The third kappa shape index (κ3) is 4.48. The van der Waals surface area contributed by atoms with Crippen molar-refractivity contribution in [1.29, 1.82) is 0 Å². The van der Waals surface area contributed by atoms with Gasteiger partial charge in [0.05, 0.1) is 12.4 Å². The summed E-state index contributed by atoms with van der Waals surface area (Å²) < 4.78 is 0. The average Bonchev–Trinajstić information content (AvgIpc) is 2.40. The first-order valence-electron chi connectivity index (χ1n) is 6.57. The van der Waals surface area contributed by atoms with Crippen molar-refractivity contribution in [2.24, 2.45) is 0 Å². The molecule has 6 heteroatoms. The molecule has 2 N–H and O–H groups in total. The summed E-state index contributed by atoms with van der Waals surface area (Å²) in [6.07, 6.45) is 3.60. The standard InChI is InChI=1S/C13H22N4O2/c1-4-14-12-9-15-11(8-16-12)13(19)17(10(2)3)6-5-7-18/h8-10,18H,4-7H2,1-3H3,(H,14,16). The molecular formula is C13H22N4O2. The van der Waals surface area contributed by atoms with Gasteiger partial charge in [-0.15, -0.1) is 0 Å². The number of carbonyl (C=O) groups is 1. The maximum atomic E-state index is 12.3. The summed E-state index contributed by atoms with van der Waals surface area (Å²) in [5, 5.41) is 11.9. The largest absolute Gasteiger partial charge is 0.396 e. The van der Waals surface area contributed by atoms with E-state index in [0.29, 0.717) is 24.5 Å². The molecule has 1 aromatic rings. The summed E-state index contributed by atoms with van der Waals surface area (Å²) >= 11 is 0. The van der Waals surface area contributed by atoms with Crippen LogP contribution in [0.5, 0.6) is 0 Å². The average molecular weight is 266 g/mol. The summed E-state index contributed by atoms with van der Waals surface area (Å²) in [4.78, 5) is 22.2. The number of aliphatic hydroxyl groups is 1. The van der Waals surface area contributed by atoms with Crippen LogP contribution in [0.1, 0.15) is 37.7 Å². The van der Waals surface area contributed by atoms with Crippen LogP contribution in [0.2, 0.25) is 0 Å². The fourth-order valence-electron chi connectivity index (χ4n) is 1.69. The Morgan fingerprint density at radius 3 is 2.63 bits per heavy atom. The maximum Gasteiger partial charge on any atom is 0.274 e. The summed E-state index contributed by atoms with van der Waals surface area (Å²) in [7, 11) is 0. The Bertz CT molecular complexity index is 392. The van der Waals surface area contributed by atoms with Gasteiger partial charge >= 0.3 is 0 Å². The van der Waals surface area contributed by atoms with E-state index in [-0.39, 0.29) is 18.6 Å². The van der Waals surface area contributed by atoms with Crippen molar-refractivity contribution in [3.8, 4) is 0 Å². The molecule has 1 aromatic heterocycles. The Morgan fingerprint density at radius 2 is 2.16 bits per heavy atom. The molecule has 1 amide bonds. The van der Waals surface area contributed by atoms with Crippen LogP contribution in [0, 0.1) is 0 Å². The first-order valence-corrected chi connectivity index (χ1v) is 6.57. The van der Waals surface area contributed by atoms with Gasteiger partial charge in [-0.05, 0) is 27.2 Å². The van der Waals surface area contributed by atoms with E-state index in [1.54, 1.807) is 11.1 Å². The fourth-order valence-corrected chi connectivity index (χ4v) is 1.69. The number of carbonyl (C=O) groups excluding carboxylic acids is 1. The fraction of sp³-hybridized carbons (Fsp3) is 0.615. The molecule has 0 unspecified atom stereocenters. The van der Waals surface area contributed by atoms with E-state index in [2.05, 4.69) is 15.3 Å². The lowest BCUT2D eigenvalue weighted by Crippen LogP contribution is -2.38. The Kier molecular flexibility index (Phi) is 6.21. The minimum absolute atomic E-state index is 0.0642. The van der Waals surface area contributed by atoms with Gasteiger partial charge in [0.2, 0.25) is 0 Å². The van der Waals surface area contributed by atoms with Gasteiger partial charge in [-0.25, -0.2) is 9.97 Å². The SMILES string of the molecule is CCNc1cnc(C(=O)N(CCCO)C(C)C)cn1. The van der Waals surface area contributed by atoms with Gasteiger partial charge in [0.15, 0.2) is 0 Å². The summed E-state index contributed by atoms with van der Waals surface area (Å²) in [6.45, 7) is 7.20. The van der Waals surface area contributed by atoms with Gasteiger partial charge < -0.3 is 15.3 Å². The number of aliphatic hydroxyl groups excluding tert-OH is 1. The summed E-state index contributed by atoms with van der Waals surface area (Å²) in [5.74, 6) is 0.504. The highest BCUT2D eigenvalue weighted by Crippen LogP contribution is 2.08. The molecule has 6 nitrogen and oxygen atoms in total. The molecule has 0 saturated carbocycles. The molecule has 106 valence electrons. The van der Waals surface area contributed by atoms with Crippen LogP contribution in [0.25, 0.3) is 0 Å². The topological polar surface area (TPSA) is 78.4 Å². The second kappa shape index (κ2) is 7.68. The van der Waals surface area contributed by atoms with Crippen LogP contribution >= 0.6 is 0 Å². The zero-order chi connectivity index (χ0) is 14.3. The number of aromatic nitrogens is 2. The molecular weight excluding hydrogens is 244 g/mol. The third-order valence-corrected chi connectivity index (χ3v) is 2.67. The highest BCUT2D eigenvalue weighted by Gasteiger charge is 2.19. The van der Waals surface area contributed by atoms with Crippen LogP contribution in [-0.2, 0) is 0 Å². The molecule has 0 aromatic carbocycles. The lowest BCUT2D eigenvalue weighted by atomic mass is 10.2. The minimum Gasteiger partial charge on any atom is -0.396 e. The van der Waals surface area contributed by atoms with Crippen LogP contribution in [0.4, 0.5) is 5.82 Å². The zero-order valence-electron chi connectivity index (χ0n) is 11.8. The summed E-state index contributed by atoms with van der Waals surface area (Å²) in [6, 6.07) is 0.0642. The number of anilines is 1. The van der Waals surface area contributed by atoms with Crippen LogP contribution in [-0.4, -0.2) is 51.6 Å². The molecule has 0 fully saturated rings. The van der Waals surface area contributed by atoms with E-state index in [4.69, 9.17) is 5.11 Å². The lowest BCUT2D eigenvalue weighted by Gasteiger charge is -2.26. The van der Waals surface area contributed by atoms with Gasteiger partial charge in [0.25, 0.3) is 5.91 Å². The highest BCUT2D eigenvalue weighted by molar-refractivity contribution is 5.92. The summed E-state index contributed by atoms with van der Waals surface area (Å²) in [5.41, 5.74) is 0.327. The van der Waals surface area contributed by atoms with Crippen molar-refractivity contribution in [3.05, 3.63) is 18.1 Å². The molecule has 0 aliphatic rings. The van der Waals surface area contributed by atoms with Crippen molar-refractivity contribution in [3.63, 3.8) is 0 Å². The van der Waals surface area contributed by atoms with E-state index < -0.39 is 0 Å². The van der Waals surface area contributed by atoms with Crippen LogP contribution < -0.4 is 5.32 Å². The Balaban J connectivity index is 2.78. The Hall–Kier alpha value is -1.69. The van der Waals surface area contributed by atoms with E-state index in [0.717, 1.165) is 6.54 Å². The lowest BCUT2D eigenvalue weighted by molar-refractivity contribution is 0.0686. The first kappa shape index (κ1) is 15.4. The Morgan fingerprint density at radius 1 is 1.42 bits per heavy atom. The number of nitrogens with one attached hydrogen (secondary N) is 1. The smallest absolute Gasteiger partial charge is 0.274 e. The highest BCUT2D eigenvalue weighted by atomic mass is 16.3. The number of nitrogens with zero attached hydrogens (tertiary/aromatic N) is 3. The van der Waals surface area contributed by atoms with Crippen molar-refractivity contribution in [2.75, 3.05) is 25.0 Å². The molecule has 0 spiro atoms. The van der Waals surface area contributed by atoms with Crippen LogP contribution in [0.3, 0.4) is 0 Å².